The Morgan fingerprint density at radius 2 is 2.12 bits per heavy atom. The highest BCUT2D eigenvalue weighted by atomic mass is 16.1. The van der Waals surface area contributed by atoms with Crippen molar-refractivity contribution in [2.24, 2.45) is 0 Å². The number of pyridine rings is 1. The fraction of sp³-hybridized carbons (Fsp3) is 0.538. The number of hydrogen-bond acceptors (Lipinski definition) is 3. The van der Waals surface area contributed by atoms with Gasteiger partial charge in [0.1, 0.15) is 5.69 Å². The molecule has 0 unspecified atom stereocenters. The zero-order chi connectivity index (χ0) is 12.0. The summed E-state index contributed by atoms with van der Waals surface area (Å²) in [6.45, 7) is 5.06. The summed E-state index contributed by atoms with van der Waals surface area (Å²) >= 11 is 0. The number of aromatic nitrogens is 1. The molecule has 0 N–H and O–H groups in total. The van der Waals surface area contributed by atoms with Crippen LogP contribution in [0.3, 0.4) is 0 Å². The van der Waals surface area contributed by atoms with Crippen LogP contribution in [0.25, 0.3) is 0 Å². The van der Waals surface area contributed by atoms with Crippen molar-refractivity contribution in [2.75, 3.05) is 18.5 Å². The molecular formula is C13H20N2O. The molecule has 1 rings (SSSR count). The lowest BCUT2D eigenvalue weighted by Crippen LogP contribution is -2.18. The number of carbonyl (C=O) groups is 1. The first kappa shape index (κ1) is 12.7. The van der Waals surface area contributed by atoms with Crippen LogP contribution in [0.4, 0.5) is 5.69 Å². The van der Waals surface area contributed by atoms with Crippen molar-refractivity contribution in [1.82, 2.24) is 4.98 Å². The first-order valence-corrected chi connectivity index (χ1v) is 5.89. The summed E-state index contributed by atoms with van der Waals surface area (Å²) in [7, 11) is 2.05. The minimum atomic E-state index is 0.0998. The monoisotopic (exact) mass is 220 g/mol. The smallest absolute Gasteiger partial charge is 0.180 e. The molecule has 0 aliphatic rings. The van der Waals surface area contributed by atoms with Crippen LogP contribution >= 0.6 is 0 Å². The average molecular weight is 220 g/mol. The van der Waals surface area contributed by atoms with E-state index in [4.69, 9.17) is 0 Å². The number of Topliss-reactive ketones (excluding diaryl/α,β-unsaturated/α-hetero) is 1. The van der Waals surface area contributed by atoms with Gasteiger partial charge in [-0.2, -0.15) is 0 Å². The van der Waals surface area contributed by atoms with Gasteiger partial charge in [-0.15, -0.1) is 0 Å². The third kappa shape index (κ3) is 3.33. The number of nitrogens with zero attached hydrogens (tertiary/aromatic N) is 2. The Kier molecular flexibility index (Phi) is 4.96. The third-order valence-corrected chi connectivity index (χ3v) is 2.64. The predicted octanol–water partition coefficient (Wildman–Crippen LogP) is 2.91. The lowest BCUT2D eigenvalue weighted by molar-refractivity contribution is 0.0983. The van der Waals surface area contributed by atoms with Gasteiger partial charge >= 0.3 is 0 Å². The van der Waals surface area contributed by atoms with E-state index < -0.39 is 0 Å². The van der Waals surface area contributed by atoms with Crippen molar-refractivity contribution in [1.29, 1.82) is 0 Å². The second-order valence-corrected chi connectivity index (χ2v) is 3.95. The van der Waals surface area contributed by atoms with Gasteiger partial charge < -0.3 is 4.90 Å². The van der Waals surface area contributed by atoms with E-state index in [0.29, 0.717) is 12.1 Å². The van der Waals surface area contributed by atoms with Crippen LogP contribution in [0, 0.1) is 0 Å². The Morgan fingerprint density at radius 3 is 2.62 bits per heavy atom. The molecule has 0 saturated carbocycles. The number of hydrogen-bond donors (Lipinski definition) is 0. The third-order valence-electron chi connectivity index (χ3n) is 2.64. The molecule has 0 bridgehead atoms. The normalized spacial score (nSPS) is 10.2. The van der Waals surface area contributed by atoms with Gasteiger partial charge in [0, 0.05) is 20.0 Å². The van der Waals surface area contributed by atoms with Crippen LogP contribution < -0.4 is 4.90 Å². The summed E-state index contributed by atoms with van der Waals surface area (Å²) in [6, 6.07) is 3.77. The van der Waals surface area contributed by atoms with Crippen molar-refractivity contribution >= 4 is 11.5 Å². The number of ketones is 1. The Bertz CT molecular complexity index is 332. The molecular weight excluding hydrogens is 200 g/mol. The number of anilines is 1. The second kappa shape index (κ2) is 6.26. The molecule has 0 spiro atoms. The molecule has 16 heavy (non-hydrogen) atoms. The van der Waals surface area contributed by atoms with E-state index in [1.165, 1.54) is 12.8 Å². The van der Waals surface area contributed by atoms with E-state index in [9.17, 15) is 4.79 Å². The number of carbonyl (C=O) groups excluding carboxylic acids is 1. The number of unbranched alkanes of at least 4 members (excludes halogenated alkanes) is 1. The average Bonchev–Trinajstić information content (AvgIpc) is 2.35. The zero-order valence-electron chi connectivity index (χ0n) is 10.4. The van der Waals surface area contributed by atoms with Crippen molar-refractivity contribution in [3.8, 4) is 0 Å². The minimum Gasteiger partial charge on any atom is -0.373 e. The molecule has 0 aromatic carbocycles. The summed E-state index contributed by atoms with van der Waals surface area (Å²) in [5.74, 6) is 0.0998. The van der Waals surface area contributed by atoms with Crippen molar-refractivity contribution in [2.45, 2.75) is 33.1 Å². The maximum Gasteiger partial charge on any atom is 0.180 e. The molecule has 3 heteroatoms. The predicted molar refractivity (Wildman–Crippen MR) is 67.0 cm³/mol. The maximum absolute atomic E-state index is 11.4. The molecule has 1 heterocycles. The molecule has 0 fully saturated rings. The Hall–Kier alpha value is -1.38. The van der Waals surface area contributed by atoms with Crippen LogP contribution in [0.5, 0.6) is 0 Å². The highest BCUT2D eigenvalue weighted by Crippen LogP contribution is 2.12. The van der Waals surface area contributed by atoms with Gasteiger partial charge in [0.15, 0.2) is 5.78 Å². The van der Waals surface area contributed by atoms with Gasteiger partial charge in [-0.25, -0.2) is 0 Å². The van der Waals surface area contributed by atoms with E-state index in [1.54, 1.807) is 6.20 Å². The largest absolute Gasteiger partial charge is 0.373 e. The molecule has 0 aliphatic heterocycles. The second-order valence-electron chi connectivity index (χ2n) is 3.95. The molecule has 88 valence electrons. The van der Waals surface area contributed by atoms with Gasteiger partial charge in [0.25, 0.3) is 0 Å². The first-order chi connectivity index (χ1) is 7.69. The Labute approximate surface area is 97.5 Å². The SMILES string of the molecule is CCCCN(C)c1ccc(C(=O)CC)nc1. The van der Waals surface area contributed by atoms with Gasteiger partial charge in [-0.3, -0.25) is 9.78 Å². The zero-order valence-corrected chi connectivity index (χ0v) is 10.4. The highest BCUT2D eigenvalue weighted by molar-refractivity contribution is 5.94. The molecule has 1 aromatic heterocycles. The van der Waals surface area contributed by atoms with Crippen LogP contribution in [0.1, 0.15) is 43.6 Å². The standard InChI is InChI=1S/C13H20N2O/c1-4-6-9-15(3)11-7-8-12(14-10-11)13(16)5-2/h7-8,10H,4-6,9H2,1-3H3. The maximum atomic E-state index is 11.4. The van der Waals surface area contributed by atoms with Crippen molar-refractivity contribution in [3.05, 3.63) is 24.0 Å². The topological polar surface area (TPSA) is 33.2 Å². The van der Waals surface area contributed by atoms with E-state index in [-0.39, 0.29) is 5.78 Å². The number of rotatable bonds is 6. The summed E-state index contributed by atoms with van der Waals surface area (Å²) in [6.07, 6.45) is 4.65. The lowest BCUT2D eigenvalue weighted by atomic mass is 10.2. The van der Waals surface area contributed by atoms with Gasteiger partial charge in [-0.1, -0.05) is 20.3 Å². The molecule has 0 amide bonds. The van der Waals surface area contributed by atoms with Crippen LogP contribution in [0.2, 0.25) is 0 Å². The molecule has 0 saturated heterocycles. The van der Waals surface area contributed by atoms with Crippen molar-refractivity contribution < 1.29 is 4.79 Å². The van der Waals surface area contributed by atoms with Crippen LogP contribution in [-0.4, -0.2) is 24.4 Å². The summed E-state index contributed by atoms with van der Waals surface area (Å²) in [5, 5.41) is 0. The van der Waals surface area contributed by atoms with Crippen LogP contribution in [-0.2, 0) is 0 Å². The van der Waals surface area contributed by atoms with Gasteiger partial charge in [-0.05, 0) is 18.6 Å². The summed E-state index contributed by atoms with van der Waals surface area (Å²) in [5.41, 5.74) is 1.64. The van der Waals surface area contributed by atoms with E-state index in [1.807, 2.05) is 26.1 Å². The van der Waals surface area contributed by atoms with Crippen molar-refractivity contribution in [3.63, 3.8) is 0 Å². The molecule has 0 atom stereocenters. The van der Waals surface area contributed by atoms with E-state index >= 15 is 0 Å². The minimum absolute atomic E-state index is 0.0998. The highest BCUT2D eigenvalue weighted by Gasteiger charge is 2.05. The van der Waals surface area contributed by atoms with Crippen LogP contribution in [0.15, 0.2) is 18.3 Å². The molecule has 1 aromatic rings. The van der Waals surface area contributed by atoms with Gasteiger partial charge in [0.05, 0.1) is 11.9 Å². The fourth-order valence-corrected chi connectivity index (χ4v) is 1.48. The fourth-order valence-electron chi connectivity index (χ4n) is 1.48. The lowest BCUT2D eigenvalue weighted by Gasteiger charge is -2.18. The Balaban J connectivity index is 2.67. The molecule has 0 radical (unpaired) electrons. The van der Waals surface area contributed by atoms with E-state index in [2.05, 4.69) is 16.8 Å². The van der Waals surface area contributed by atoms with Gasteiger partial charge in [0.2, 0.25) is 0 Å². The molecule has 0 aliphatic carbocycles. The molecule has 3 nitrogen and oxygen atoms in total. The first-order valence-electron chi connectivity index (χ1n) is 5.89. The summed E-state index contributed by atoms with van der Waals surface area (Å²) in [4.78, 5) is 17.7. The Morgan fingerprint density at radius 1 is 1.38 bits per heavy atom. The summed E-state index contributed by atoms with van der Waals surface area (Å²) < 4.78 is 0. The quantitative estimate of drug-likeness (QED) is 0.691. The van der Waals surface area contributed by atoms with E-state index in [0.717, 1.165) is 12.2 Å².